The third kappa shape index (κ3) is 4.94. The first kappa shape index (κ1) is 12.7. The zero-order chi connectivity index (χ0) is 11.8. The molecule has 1 rings (SSSR count). The number of hydrogen-bond acceptors (Lipinski definition) is 3. The molecule has 0 saturated carbocycles. The third-order valence-electron chi connectivity index (χ3n) is 2.27. The van der Waals surface area contributed by atoms with E-state index in [4.69, 9.17) is 4.74 Å². The topological polar surface area (TPSA) is 46.5 Å². The summed E-state index contributed by atoms with van der Waals surface area (Å²) in [6.07, 6.45) is 1.02. The van der Waals surface area contributed by atoms with E-state index in [1.807, 2.05) is 37.3 Å². The van der Waals surface area contributed by atoms with Gasteiger partial charge in [0.25, 0.3) is 0 Å². The Hall–Kier alpha value is -1.35. The van der Waals surface area contributed by atoms with Crippen molar-refractivity contribution in [2.45, 2.75) is 38.9 Å². The van der Waals surface area contributed by atoms with Crippen molar-refractivity contribution >= 4 is 5.97 Å². The molecule has 1 aromatic rings. The van der Waals surface area contributed by atoms with Gasteiger partial charge in [-0.25, -0.2) is 0 Å². The normalized spacial score (nSPS) is 12.1. The van der Waals surface area contributed by atoms with E-state index in [9.17, 15) is 9.90 Å². The van der Waals surface area contributed by atoms with Gasteiger partial charge in [0, 0.05) is 0 Å². The fourth-order valence-corrected chi connectivity index (χ4v) is 1.42. The zero-order valence-electron chi connectivity index (χ0n) is 9.56. The van der Waals surface area contributed by atoms with Crippen molar-refractivity contribution in [2.75, 3.05) is 0 Å². The summed E-state index contributed by atoms with van der Waals surface area (Å²) in [6.45, 7) is 2.25. The number of aliphatic hydroxyl groups excluding tert-OH is 1. The van der Waals surface area contributed by atoms with Gasteiger partial charge in [-0.05, 0) is 12.0 Å². The van der Waals surface area contributed by atoms with Crippen LogP contribution < -0.4 is 0 Å². The Morgan fingerprint density at radius 3 is 2.69 bits per heavy atom. The van der Waals surface area contributed by atoms with E-state index in [1.54, 1.807) is 0 Å². The molecule has 88 valence electrons. The molecule has 0 spiro atoms. The summed E-state index contributed by atoms with van der Waals surface area (Å²) >= 11 is 0. The highest BCUT2D eigenvalue weighted by Crippen LogP contribution is 2.05. The minimum absolute atomic E-state index is 0.0840. The van der Waals surface area contributed by atoms with Crippen LogP contribution in [-0.4, -0.2) is 17.2 Å². The van der Waals surface area contributed by atoms with Gasteiger partial charge in [-0.3, -0.25) is 4.79 Å². The standard InChI is InChI=1S/C13H18O3/c1-2-6-12(14)9-13(15)16-10-11-7-4-3-5-8-11/h3-5,7-8,12,14H,2,6,9-10H2,1H3/t12-/m0/s1. The minimum Gasteiger partial charge on any atom is -0.461 e. The molecular formula is C13H18O3. The predicted octanol–water partition coefficient (Wildman–Crippen LogP) is 2.28. The number of carbonyl (C=O) groups is 1. The molecule has 16 heavy (non-hydrogen) atoms. The maximum atomic E-state index is 11.3. The molecule has 1 aromatic carbocycles. The average Bonchev–Trinajstić information content (AvgIpc) is 2.28. The molecule has 0 saturated heterocycles. The highest BCUT2D eigenvalue weighted by molar-refractivity contribution is 5.69. The van der Waals surface area contributed by atoms with Crippen molar-refractivity contribution in [1.82, 2.24) is 0 Å². The molecular weight excluding hydrogens is 204 g/mol. The molecule has 3 nitrogen and oxygen atoms in total. The number of rotatable bonds is 6. The van der Waals surface area contributed by atoms with Crippen LogP contribution >= 0.6 is 0 Å². The van der Waals surface area contributed by atoms with Crippen LogP contribution in [0, 0.1) is 0 Å². The van der Waals surface area contributed by atoms with Crippen molar-refractivity contribution in [3.8, 4) is 0 Å². The van der Waals surface area contributed by atoms with Crippen LogP contribution in [0.2, 0.25) is 0 Å². The molecule has 1 N–H and O–H groups in total. The fraction of sp³-hybridized carbons (Fsp3) is 0.462. The monoisotopic (exact) mass is 222 g/mol. The molecule has 0 aliphatic rings. The number of carbonyl (C=O) groups excluding carboxylic acids is 1. The maximum absolute atomic E-state index is 11.3. The van der Waals surface area contributed by atoms with Gasteiger partial charge in [-0.2, -0.15) is 0 Å². The maximum Gasteiger partial charge on any atom is 0.308 e. The Balaban J connectivity index is 2.25. The van der Waals surface area contributed by atoms with Crippen LogP contribution in [-0.2, 0) is 16.1 Å². The van der Waals surface area contributed by atoms with E-state index in [1.165, 1.54) is 0 Å². The van der Waals surface area contributed by atoms with Crippen LogP contribution in [0.1, 0.15) is 31.7 Å². The van der Waals surface area contributed by atoms with E-state index in [-0.39, 0.29) is 19.0 Å². The van der Waals surface area contributed by atoms with Crippen LogP contribution in [0.4, 0.5) is 0 Å². The van der Waals surface area contributed by atoms with Gasteiger partial charge in [0.05, 0.1) is 12.5 Å². The van der Waals surface area contributed by atoms with Crippen molar-refractivity contribution < 1.29 is 14.6 Å². The summed E-state index contributed by atoms with van der Waals surface area (Å²) in [6, 6.07) is 9.51. The fourth-order valence-electron chi connectivity index (χ4n) is 1.42. The van der Waals surface area contributed by atoms with Crippen molar-refractivity contribution in [3.63, 3.8) is 0 Å². The van der Waals surface area contributed by atoms with Gasteiger partial charge in [0.2, 0.25) is 0 Å². The van der Waals surface area contributed by atoms with Crippen LogP contribution in [0.15, 0.2) is 30.3 Å². The van der Waals surface area contributed by atoms with Crippen molar-refractivity contribution in [2.24, 2.45) is 0 Å². The highest BCUT2D eigenvalue weighted by Gasteiger charge is 2.10. The smallest absolute Gasteiger partial charge is 0.308 e. The molecule has 0 radical (unpaired) electrons. The van der Waals surface area contributed by atoms with Crippen LogP contribution in [0.25, 0.3) is 0 Å². The SMILES string of the molecule is CCC[C@H](O)CC(=O)OCc1ccccc1. The Morgan fingerprint density at radius 1 is 1.38 bits per heavy atom. The van der Waals surface area contributed by atoms with Gasteiger partial charge in [0.15, 0.2) is 0 Å². The molecule has 0 fully saturated rings. The summed E-state index contributed by atoms with van der Waals surface area (Å²) in [7, 11) is 0. The van der Waals surface area contributed by atoms with E-state index < -0.39 is 6.10 Å². The average molecular weight is 222 g/mol. The molecule has 3 heteroatoms. The van der Waals surface area contributed by atoms with Gasteiger partial charge < -0.3 is 9.84 Å². The summed E-state index contributed by atoms with van der Waals surface area (Å²) in [5, 5.41) is 9.42. The van der Waals surface area contributed by atoms with Gasteiger partial charge in [-0.15, -0.1) is 0 Å². The zero-order valence-corrected chi connectivity index (χ0v) is 9.56. The number of hydrogen-bond donors (Lipinski definition) is 1. The summed E-state index contributed by atoms with van der Waals surface area (Å²) in [5.74, 6) is -0.343. The molecule has 0 amide bonds. The Kier molecular flexibility index (Phi) is 5.57. The second-order valence-corrected chi connectivity index (χ2v) is 3.79. The van der Waals surface area contributed by atoms with Crippen LogP contribution in [0.5, 0.6) is 0 Å². The second kappa shape index (κ2) is 7.01. The minimum atomic E-state index is -0.576. The number of benzene rings is 1. The second-order valence-electron chi connectivity index (χ2n) is 3.79. The molecule has 0 aliphatic carbocycles. The Bertz CT molecular complexity index is 308. The molecule has 0 unspecified atom stereocenters. The molecule has 1 atom stereocenters. The first-order valence-electron chi connectivity index (χ1n) is 5.60. The molecule has 0 aromatic heterocycles. The Morgan fingerprint density at radius 2 is 2.06 bits per heavy atom. The lowest BCUT2D eigenvalue weighted by Crippen LogP contribution is -2.15. The van der Waals surface area contributed by atoms with Crippen LogP contribution in [0.3, 0.4) is 0 Å². The first-order chi connectivity index (χ1) is 7.72. The highest BCUT2D eigenvalue weighted by atomic mass is 16.5. The first-order valence-corrected chi connectivity index (χ1v) is 5.60. The van der Waals surface area contributed by atoms with E-state index >= 15 is 0 Å². The third-order valence-corrected chi connectivity index (χ3v) is 2.27. The summed E-state index contributed by atoms with van der Waals surface area (Å²) in [5.41, 5.74) is 0.959. The number of ether oxygens (including phenoxy) is 1. The van der Waals surface area contributed by atoms with Crippen molar-refractivity contribution in [1.29, 1.82) is 0 Å². The molecule has 0 heterocycles. The summed E-state index contributed by atoms with van der Waals surface area (Å²) in [4.78, 5) is 11.3. The van der Waals surface area contributed by atoms with E-state index in [0.717, 1.165) is 12.0 Å². The predicted molar refractivity (Wildman–Crippen MR) is 61.8 cm³/mol. The van der Waals surface area contributed by atoms with Gasteiger partial charge in [-0.1, -0.05) is 43.7 Å². The molecule has 0 bridgehead atoms. The Labute approximate surface area is 96.1 Å². The van der Waals surface area contributed by atoms with E-state index in [0.29, 0.717) is 6.42 Å². The quantitative estimate of drug-likeness (QED) is 0.751. The molecule has 0 aliphatic heterocycles. The lowest BCUT2D eigenvalue weighted by Gasteiger charge is -2.09. The largest absolute Gasteiger partial charge is 0.461 e. The van der Waals surface area contributed by atoms with Gasteiger partial charge in [0.1, 0.15) is 6.61 Å². The lowest BCUT2D eigenvalue weighted by atomic mass is 10.1. The number of aliphatic hydroxyl groups is 1. The summed E-state index contributed by atoms with van der Waals surface area (Å²) < 4.78 is 5.05. The van der Waals surface area contributed by atoms with Crippen molar-refractivity contribution in [3.05, 3.63) is 35.9 Å². The van der Waals surface area contributed by atoms with Gasteiger partial charge >= 0.3 is 5.97 Å². The lowest BCUT2D eigenvalue weighted by molar-refractivity contribution is -0.147. The van der Waals surface area contributed by atoms with E-state index in [2.05, 4.69) is 0 Å². The number of esters is 1.